The van der Waals surface area contributed by atoms with Crippen molar-refractivity contribution >= 4 is 11.6 Å². The fourth-order valence-electron chi connectivity index (χ4n) is 3.72. The Bertz CT molecular complexity index is 683. The molecule has 0 saturated carbocycles. The number of para-hydroxylation sites is 1. The van der Waals surface area contributed by atoms with E-state index in [-0.39, 0.29) is 18.0 Å². The van der Waals surface area contributed by atoms with Gasteiger partial charge in [-0.25, -0.2) is 0 Å². The SMILES string of the molecule is O=C1N[C@@H](Cc2ccccc2)CC1N1CCc2ccccc21. The maximum Gasteiger partial charge on any atom is 0.243 e. The van der Waals surface area contributed by atoms with Gasteiger partial charge in [-0.3, -0.25) is 4.79 Å². The summed E-state index contributed by atoms with van der Waals surface area (Å²) in [5.74, 6) is 0.178. The third-order valence-electron chi connectivity index (χ3n) is 4.78. The minimum atomic E-state index is -0.0163. The average Bonchev–Trinajstić information content (AvgIpc) is 3.11. The molecule has 3 nitrogen and oxygen atoms in total. The first-order valence-electron chi connectivity index (χ1n) is 8.00. The second-order valence-corrected chi connectivity index (χ2v) is 6.22. The molecule has 2 aliphatic heterocycles. The lowest BCUT2D eigenvalue weighted by molar-refractivity contribution is -0.120. The number of rotatable bonds is 3. The molecule has 0 radical (unpaired) electrons. The van der Waals surface area contributed by atoms with Crippen molar-refractivity contribution < 1.29 is 4.79 Å². The number of carbonyl (C=O) groups excluding carboxylic acids is 1. The van der Waals surface area contributed by atoms with Gasteiger partial charge in [0.25, 0.3) is 0 Å². The molecule has 1 amide bonds. The van der Waals surface area contributed by atoms with E-state index in [1.807, 2.05) is 6.07 Å². The van der Waals surface area contributed by atoms with E-state index in [0.29, 0.717) is 0 Å². The first-order chi connectivity index (χ1) is 10.8. The van der Waals surface area contributed by atoms with Crippen LogP contribution >= 0.6 is 0 Å². The molecule has 0 spiro atoms. The lowest BCUT2D eigenvalue weighted by Crippen LogP contribution is -2.39. The van der Waals surface area contributed by atoms with Crippen LogP contribution in [0.1, 0.15) is 17.5 Å². The summed E-state index contributed by atoms with van der Waals surface area (Å²) in [6.07, 6.45) is 2.85. The molecule has 2 aliphatic rings. The van der Waals surface area contributed by atoms with Crippen molar-refractivity contribution in [3.8, 4) is 0 Å². The smallest absolute Gasteiger partial charge is 0.243 e. The second-order valence-electron chi connectivity index (χ2n) is 6.22. The molecule has 1 saturated heterocycles. The molecule has 2 atom stereocenters. The van der Waals surface area contributed by atoms with Crippen molar-refractivity contribution in [1.82, 2.24) is 5.32 Å². The molecule has 2 aromatic rings. The normalized spacial score (nSPS) is 23.5. The van der Waals surface area contributed by atoms with E-state index < -0.39 is 0 Å². The molecule has 0 aliphatic carbocycles. The van der Waals surface area contributed by atoms with Gasteiger partial charge in [0.05, 0.1) is 0 Å². The maximum absolute atomic E-state index is 12.4. The predicted molar refractivity (Wildman–Crippen MR) is 88.0 cm³/mol. The second kappa shape index (κ2) is 5.48. The van der Waals surface area contributed by atoms with Crippen LogP contribution in [0, 0.1) is 0 Å². The van der Waals surface area contributed by atoms with Gasteiger partial charge in [0, 0.05) is 18.3 Å². The zero-order valence-corrected chi connectivity index (χ0v) is 12.5. The number of hydrogen-bond acceptors (Lipinski definition) is 2. The van der Waals surface area contributed by atoms with Crippen LogP contribution in [-0.2, 0) is 17.6 Å². The Labute approximate surface area is 131 Å². The number of hydrogen-bond donors (Lipinski definition) is 1. The van der Waals surface area contributed by atoms with Gasteiger partial charge >= 0.3 is 0 Å². The van der Waals surface area contributed by atoms with Gasteiger partial charge in [-0.1, -0.05) is 48.5 Å². The molecule has 2 heterocycles. The van der Waals surface area contributed by atoms with Crippen LogP contribution in [0.3, 0.4) is 0 Å². The largest absolute Gasteiger partial charge is 0.359 e. The Hall–Kier alpha value is -2.29. The Morgan fingerprint density at radius 1 is 1.05 bits per heavy atom. The van der Waals surface area contributed by atoms with Gasteiger partial charge in [-0.05, 0) is 36.5 Å². The molecule has 1 fully saturated rings. The number of carbonyl (C=O) groups is 1. The number of anilines is 1. The van der Waals surface area contributed by atoms with E-state index >= 15 is 0 Å². The van der Waals surface area contributed by atoms with Crippen LogP contribution in [0.4, 0.5) is 5.69 Å². The molecule has 1 unspecified atom stereocenters. The van der Waals surface area contributed by atoms with Crippen molar-refractivity contribution in [2.45, 2.75) is 31.3 Å². The van der Waals surface area contributed by atoms with Crippen LogP contribution in [0.2, 0.25) is 0 Å². The molecule has 112 valence electrons. The number of nitrogens with zero attached hydrogens (tertiary/aromatic N) is 1. The van der Waals surface area contributed by atoms with Crippen molar-refractivity contribution in [3.05, 3.63) is 65.7 Å². The summed E-state index contributed by atoms with van der Waals surface area (Å²) in [5.41, 5.74) is 3.89. The Morgan fingerprint density at radius 2 is 1.82 bits per heavy atom. The summed E-state index contributed by atoms with van der Waals surface area (Å²) < 4.78 is 0. The average molecular weight is 292 g/mol. The van der Waals surface area contributed by atoms with Crippen LogP contribution in [-0.4, -0.2) is 24.5 Å². The molecule has 22 heavy (non-hydrogen) atoms. The van der Waals surface area contributed by atoms with Crippen LogP contribution < -0.4 is 10.2 Å². The molecule has 3 heteroatoms. The van der Waals surface area contributed by atoms with E-state index in [9.17, 15) is 4.79 Å². The van der Waals surface area contributed by atoms with Gasteiger partial charge in [0.2, 0.25) is 5.91 Å². The first kappa shape index (κ1) is 13.4. The molecular formula is C19H20N2O. The summed E-state index contributed by atoms with van der Waals surface area (Å²) >= 11 is 0. The molecule has 0 bridgehead atoms. The summed E-state index contributed by atoms with van der Waals surface area (Å²) in [5, 5.41) is 3.18. The first-order valence-corrected chi connectivity index (χ1v) is 8.00. The highest BCUT2D eigenvalue weighted by atomic mass is 16.2. The minimum absolute atomic E-state index is 0.0163. The Kier molecular flexibility index (Phi) is 3.34. The van der Waals surface area contributed by atoms with Crippen LogP contribution in [0.15, 0.2) is 54.6 Å². The summed E-state index contributed by atoms with van der Waals surface area (Å²) in [6.45, 7) is 0.954. The lowest BCUT2D eigenvalue weighted by atomic mass is 10.0. The van der Waals surface area contributed by atoms with Gasteiger partial charge < -0.3 is 10.2 Å². The highest BCUT2D eigenvalue weighted by Gasteiger charge is 2.38. The van der Waals surface area contributed by atoms with E-state index in [0.717, 1.165) is 25.8 Å². The highest BCUT2D eigenvalue weighted by Crippen LogP contribution is 2.32. The third kappa shape index (κ3) is 2.37. The fourth-order valence-corrected chi connectivity index (χ4v) is 3.72. The zero-order valence-electron chi connectivity index (χ0n) is 12.5. The maximum atomic E-state index is 12.4. The summed E-state index contributed by atoms with van der Waals surface area (Å²) in [4.78, 5) is 14.7. The van der Waals surface area contributed by atoms with Gasteiger partial charge in [0.1, 0.15) is 6.04 Å². The molecule has 0 aromatic heterocycles. The fraction of sp³-hybridized carbons (Fsp3) is 0.316. The number of benzene rings is 2. The number of fused-ring (bicyclic) bond motifs is 1. The summed E-state index contributed by atoms with van der Waals surface area (Å²) in [6, 6.07) is 19.1. The predicted octanol–water partition coefficient (Wildman–Crippen LogP) is 2.55. The standard InChI is InChI=1S/C19H20N2O/c22-19-18(21-11-10-15-8-4-5-9-17(15)21)13-16(20-19)12-14-6-2-1-3-7-14/h1-9,16,18H,10-13H2,(H,20,22)/t16-,18?/m0/s1. The van der Waals surface area contributed by atoms with Gasteiger partial charge in [-0.15, -0.1) is 0 Å². The monoisotopic (exact) mass is 292 g/mol. The van der Waals surface area contributed by atoms with Crippen molar-refractivity contribution in [3.63, 3.8) is 0 Å². The molecule has 4 rings (SSSR count). The van der Waals surface area contributed by atoms with E-state index in [1.54, 1.807) is 0 Å². The van der Waals surface area contributed by atoms with E-state index in [4.69, 9.17) is 0 Å². The Morgan fingerprint density at radius 3 is 2.68 bits per heavy atom. The van der Waals surface area contributed by atoms with Crippen LogP contribution in [0.5, 0.6) is 0 Å². The van der Waals surface area contributed by atoms with Crippen molar-refractivity contribution in [1.29, 1.82) is 0 Å². The molecule has 2 aromatic carbocycles. The Balaban J connectivity index is 1.49. The lowest BCUT2D eigenvalue weighted by Gasteiger charge is -2.24. The summed E-state index contributed by atoms with van der Waals surface area (Å²) in [7, 11) is 0. The third-order valence-corrected chi connectivity index (χ3v) is 4.78. The topological polar surface area (TPSA) is 32.3 Å². The van der Waals surface area contributed by atoms with Crippen molar-refractivity contribution in [2.24, 2.45) is 0 Å². The van der Waals surface area contributed by atoms with Crippen molar-refractivity contribution in [2.75, 3.05) is 11.4 Å². The van der Waals surface area contributed by atoms with E-state index in [1.165, 1.54) is 16.8 Å². The molecular weight excluding hydrogens is 272 g/mol. The highest BCUT2D eigenvalue weighted by molar-refractivity contribution is 5.88. The number of nitrogens with one attached hydrogen (secondary N) is 1. The van der Waals surface area contributed by atoms with Gasteiger partial charge in [-0.2, -0.15) is 0 Å². The van der Waals surface area contributed by atoms with E-state index in [2.05, 4.69) is 58.7 Å². The number of amides is 1. The zero-order chi connectivity index (χ0) is 14.9. The quantitative estimate of drug-likeness (QED) is 0.943. The van der Waals surface area contributed by atoms with Crippen LogP contribution in [0.25, 0.3) is 0 Å². The minimum Gasteiger partial charge on any atom is -0.359 e. The molecule has 1 N–H and O–H groups in total. The van der Waals surface area contributed by atoms with Gasteiger partial charge in [0.15, 0.2) is 0 Å².